The van der Waals surface area contributed by atoms with Crippen LogP contribution in [0, 0.1) is 0 Å². The van der Waals surface area contributed by atoms with Crippen LogP contribution in [0.15, 0.2) is 66.7 Å². The van der Waals surface area contributed by atoms with E-state index in [0.717, 1.165) is 60.4 Å². The van der Waals surface area contributed by atoms with Crippen LogP contribution >= 0.6 is 12.1 Å². The molecule has 1 fully saturated rings. The molecular formula is C20H20N10S. The molecular weight excluding hydrogens is 412 g/mol. The molecule has 3 aromatic rings. The van der Waals surface area contributed by atoms with E-state index in [9.17, 15) is 0 Å². The number of H-pyrrole nitrogens is 1. The molecule has 0 bridgehead atoms. The third-order valence-corrected chi connectivity index (χ3v) is 6.13. The highest BCUT2D eigenvalue weighted by Gasteiger charge is 2.23. The number of pyridine rings is 1. The van der Waals surface area contributed by atoms with Gasteiger partial charge in [0.15, 0.2) is 17.0 Å². The summed E-state index contributed by atoms with van der Waals surface area (Å²) < 4.78 is 5.19. The standard InChI is InChI=1S/C20H20N10S/c1-2-5-21-16(3-1)28-7-9-29(10-8-28)19-17-18(23-13-22-17)26-20(27-19)25-14-4-6-30-15(11-14)12-24-31-30/h1-6,11-13,24H,7-10H2,(H2,22,23,25,26,27). The third kappa shape index (κ3) is 3.42. The first-order valence-corrected chi connectivity index (χ1v) is 10.8. The summed E-state index contributed by atoms with van der Waals surface area (Å²) in [6.07, 6.45) is 11.5. The van der Waals surface area contributed by atoms with Gasteiger partial charge in [-0.3, -0.25) is 4.31 Å². The zero-order chi connectivity index (χ0) is 20.6. The van der Waals surface area contributed by atoms with Crippen LogP contribution in [0.5, 0.6) is 0 Å². The first-order chi connectivity index (χ1) is 15.3. The van der Waals surface area contributed by atoms with E-state index < -0.39 is 0 Å². The highest BCUT2D eigenvalue weighted by molar-refractivity contribution is 7.95. The van der Waals surface area contributed by atoms with Crippen molar-refractivity contribution >= 4 is 40.9 Å². The van der Waals surface area contributed by atoms with Crippen molar-refractivity contribution in [2.45, 2.75) is 0 Å². The minimum atomic E-state index is 0.544. The van der Waals surface area contributed by atoms with Gasteiger partial charge in [-0.1, -0.05) is 6.07 Å². The second-order valence-electron chi connectivity index (χ2n) is 7.28. The molecule has 3 N–H and O–H groups in total. The summed E-state index contributed by atoms with van der Waals surface area (Å²) in [4.78, 5) is 26.1. The largest absolute Gasteiger partial charge is 0.353 e. The Bertz CT molecular complexity index is 1190. The van der Waals surface area contributed by atoms with Crippen molar-refractivity contribution in [1.82, 2.24) is 33.9 Å². The number of allylic oxidation sites excluding steroid dienone is 2. The Hall–Kier alpha value is -3.73. The Labute approximate surface area is 183 Å². The number of nitrogens with zero attached hydrogens (tertiary/aromatic N) is 7. The van der Waals surface area contributed by atoms with Crippen LogP contribution in [-0.2, 0) is 0 Å². The number of piperazine rings is 1. The highest BCUT2D eigenvalue weighted by Crippen LogP contribution is 2.29. The maximum Gasteiger partial charge on any atom is 0.231 e. The van der Waals surface area contributed by atoms with E-state index in [1.807, 2.05) is 36.8 Å². The van der Waals surface area contributed by atoms with Crippen molar-refractivity contribution in [2.75, 3.05) is 41.3 Å². The fraction of sp³-hybridized carbons (Fsp3) is 0.200. The monoisotopic (exact) mass is 432 g/mol. The van der Waals surface area contributed by atoms with Gasteiger partial charge in [-0.25, -0.2) is 9.97 Å². The second kappa shape index (κ2) is 7.51. The van der Waals surface area contributed by atoms with Crippen molar-refractivity contribution in [2.24, 2.45) is 0 Å². The third-order valence-electron chi connectivity index (χ3n) is 5.37. The average Bonchev–Trinajstić information content (AvgIpc) is 3.48. The predicted octanol–water partition coefficient (Wildman–Crippen LogP) is 2.21. The molecule has 0 aliphatic carbocycles. The van der Waals surface area contributed by atoms with Crippen molar-refractivity contribution in [1.29, 1.82) is 0 Å². The number of anilines is 3. The molecule has 0 aromatic carbocycles. The summed E-state index contributed by atoms with van der Waals surface area (Å²) >= 11 is 1.53. The molecule has 1 saturated heterocycles. The first kappa shape index (κ1) is 18.1. The molecule has 31 heavy (non-hydrogen) atoms. The van der Waals surface area contributed by atoms with Gasteiger partial charge in [0.05, 0.1) is 24.2 Å². The summed E-state index contributed by atoms with van der Waals surface area (Å²) in [5, 5.41) is 3.34. The van der Waals surface area contributed by atoms with Gasteiger partial charge in [0.1, 0.15) is 5.82 Å². The summed E-state index contributed by atoms with van der Waals surface area (Å²) in [6.45, 7) is 3.42. The predicted molar refractivity (Wildman–Crippen MR) is 122 cm³/mol. The highest BCUT2D eigenvalue weighted by atomic mass is 32.2. The molecule has 156 valence electrons. The molecule has 0 spiro atoms. The van der Waals surface area contributed by atoms with E-state index in [0.29, 0.717) is 5.95 Å². The van der Waals surface area contributed by atoms with Crippen LogP contribution < -0.4 is 19.8 Å². The van der Waals surface area contributed by atoms with Crippen LogP contribution in [0.2, 0.25) is 0 Å². The number of nitrogens with one attached hydrogen (secondary N) is 3. The normalized spacial score (nSPS) is 18.0. The second-order valence-corrected chi connectivity index (χ2v) is 8.09. The van der Waals surface area contributed by atoms with Crippen molar-refractivity contribution in [3.8, 4) is 0 Å². The van der Waals surface area contributed by atoms with Crippen molar-refractivity contribution in [3.63, 3.8) is 0 Å². The summed E-state index contributed by atoms with van der Waals surface area (Å²) in [7, 11) is 0. The average molecular weight is 433 g/mol. The molecule has 11 heteroatoms. The lowest BCUT2D eigenvalue weighted by atomic mass is 10.2. The lowest BCUT2D eigenvalue weighted by molar-refractivity contribution is 0.643. The van der Waals surface area contributed by atoms with Gasteiger partial charge in [0.25, 0.3) is 0 Å². The molecule has 3 aliphatic heterocycles. The molecule has 0 radical (unpaired) electrons. The van der Waals surface area contributed by atoms with E-state index in [2.05, 4.69) is 56.2 Å². The van der Waals surface area contributed by atoms with Gasteiger partial charge in [-0.2, -0.15) is 9.97 Å². The zero-order valence-electron chi connectivity index (χ0n) is 16.6. The molecule has 0 amide bonds. The zero-order valence-corrected chi connectivity index (χ0v) is 17.4. The van der Waals surface area contributed by atoms with Gasteiger partial charge in [-0.15, -0.1) is 0 Å². The fourth-order valence-electron chi connectivity index (χ4n) is 3.83. The number of hydrogen-bond donors (Lipinski definition) is 3. The molecule has 6 heterocycles. The number of aromatic nitrogens is 5. The molecule has 6 rings (SSSR count). The van der Waals surface area contributed by atoms with Crippen LogP contribution in [-0.4, -0.2) is 55.4 Å². The van der Waals surface area contributed by atoms with Crippen LogP contribution in [0.1, 0.15) is 0 Å². The van der Waals surface area contributed by atoms with E-state index in [4.69, 9.17) is 4.98 Å². The Morgan fingerprint density at radius 3 is 2.81 bits per heavy atom. The van der Waals surface area contributed by atoms with Crippen molar-refractivity contribution in [3.05, 3.63) is 66.7 Å². The Morgan fingerprint density at radius 2 is 1.94 bits per heavy atom. The molecule has 3 aliphatic rings. The Balaban J connectivity index is 1.25. The van der Waals surface area contributed by atoms with Gasteiger partial charge in [0.2, 0.25) is 5.95 Å². The maximum absolute atomic E-state index is 4.83. The summed E-state index contributed by atoms with van der Waals surface area (Å²) in [5.41, 5.74) is 3.51. The molecule has 0 unspecified atom stereocenters. The van der Waals surface area contributed by atoms with E-state index in [1.54, 1.807) is 6.33 Å². The minimum absolute atomic E-state index is 0.544. The fourth-order valence-corrected chi connectivity index (χ4v) is 4.45. The summed E-state index contributed by atoms with van der Waals surface area (Å²) in [6, 6.07) is 6.01. The summed E-state index contributed by atoms with van der Waals surface area (Å²) in [5.74, 6) is 2.40. The van der Waals surface area contributed by atoms with Gasteiger partial charge in [-0.05, 0) is 24.3 Å². The van der Waals surface area contributed by atoms with E-state index in [1.165, 1.54) is 12.1 Å². The number of imidazole rings is 1. The van der Waals surface area contributed by atoms with Crippen LogP contribution in [0.25, 0.3) is 11.2 Å². The molecule has 0 atom stereocenters. The number of hydrogen-bond acceptors (Lipinski definition) is 10. The van der Waals surface area contributed by atoms with Crippen molar-refractivity contribution < 1.29 is 0 Å². The number of fused-ring (bicyclic) bond motifs is 2. The topological polar surface area (TPSA) is 101 Å². The smallest absolute Gasteiger partial charge is 0.231 e. The molecule has 10 nitrogen and oxygen atoms in total. The Morgan fingerprint density at radius 1 is 1.03 bits per heavy atom. The maximum atomic E-state index is 4.83. The lowest BCUT2D eigenvalue weighted by Gasteiger charge is -2.36. The van der Waals surface area contributed by atoms with E-state index in [-0.39, 0.29) is 0 Å². The number of rotatable bonds is 4. The number of aromatic amines is 1. The minimum Gasteiger partial charge on any atom is -0.353 e. The first-order valence-electron chi connectivity index (χ1n) is 10.0. The van der Waals surface area contributed by atoms with E-state index >= 15 is 0 Å². The lowest BCUT2D eigenvalue weighted by Crippen LogP contribution is -2.47. The van der Waals surface area contributed by atoms with Gasteiger partial charge in [0, 0.05) is 50.5 Å². The Kier molecular flexibility index (Phi) is 4.38. The molecule has 3 aromatic heterocycles. The van der Waals surface area contributed by atoms with Gasteiger partial charge < -0.3 is 24.8 Å². The molecule has 0 saturated carbocycles. The van der Waals surface area contributed by atoms with Crippen LogP contribution in [0.3, 0.4) is 0 Å². The SMILES string of the molecule is C1=CN2SNC=C2C=C1Nc1nc(N2CCN(c3ccccn3)CC2)c2nc[nH]c2n1. The quantitative estimate of drug-likeness (QED) is 0.532. The van der Waals surface area contributed by atoms with Crippen LogP contribution in [0.4, 0.5) is 17.6 Å². The van der Waals surface area contributed by atoms with Gasteiger partial charge >= 0.3 is 0 Å².